The summed E-state index contributed by atoms with van der Waals surface area (Å²) in [4.78, 5) is 24.6. The van der Waals surface area contributed by atoms with Crippen LogP contribution in [0.15, 0.2) is 42.5 Å². The minimum Gasteiger partial charge on any atom is -0.491 e. The number of carbonyl (C=O) groups excluding carboxylic acids is 1. The van der Waals surface area contributed by atoms with Gasteiger partial charge in [-0.25, -0.2) is 4.79 Å². The van der Waals surface area contributed by atoms with E-state index in [9.17, 15) is 14.7 Å². The zero-order chi connectivity index (χ0) is 23.7. The number of para-hydroxylation sites is 1. The molecule has 1 aliphatic carbocycles. The number of aliphatic carboxylic acids is 1. The summed E-state index contributed by atoms with van der Waals surface area (Å²) in [6.07, 6.45) is 7.94. The van der Waals surface area contributed by atoms with Crippen LogP contribution in [0.5, 0.6) is 5.75 Å². The van der Waals surface area contributed by atoms with E-state index in [1.807, 2.05) is 30.5 Å². The SMILES string of the molecule is CSCC(NC(=O)c1ccc2c(C3CCCCC3)c3n(c2c1)CCOc1ccccc1-3)C(=O)O. The lowest BCUT2D eigenvalue weighted by Gasteiger charge is -2.23. The molecule has 2 heterocycles. The molecule has 0 radical (unpaired) electrons. The Balaban J connectivity index is 1.64. The first-order valence-electron chi connectivity index (χ1n) is 12.0. The summed E-state index contributed by atoms with van der Waals surface area (Å²) in [6, 6.07) is 13.1. The number of hydrogen-bond acceptors (Lipinski definition) is 4. The van der Waals surface area contributed by atoms with Crippen LogP contribution in [0, 0.1) is 0 Å². The van der Waals surface area contributed by atoms with Crippen molar-refractivity contribution in [3.63, 3.8) is 0 Å². The lowest BCUT2D eigenvalue weighted by Crippen LogP contribution is -2.42. The molecule has 5 rings (SSSR count). The molecule has 1 unspecified atom stereocenters. The number of nitrogens with zero attached hydrogens (tertiary/aromatic N) is 1. The summed E-state index contributed by atoms with van der Waals surface area (Å²) in [6.45, 7) is 1.26. The first-order chi connectivity index (χ1) is 16.6. The predicted molar refractivity (Wildman–Crippen MR) is 136 cm³/mol. The van der Waals surface area contributed by atoms with Crippen molar-refractivity contribution in [2.24, 2.45) is 0 Å². The van der Waals surface area contributed by atoms with E-state index in [2.05, 4.69) is 28.1 Å². The maximum absolute atomic E-state index is 13.0. The van der Waals surface area contributed by atoms with Gasteiger partial charge < -0.3 is 19.7 Å². The molecular weight excluding hydrogens is 448 g/mol. The Morgan fingerprint density at radius 1 is 1.18 bits per heavy atom. The van der Waals surface area contributed by atoms with Crippen LogP contribution in [0.3, 0.4) is 0 Å². The summed E-state index contributed by atoms with van der Waals surface area (Å²) in [7, 11) is 0. The van der Waals surface area contributed by atoms with Crippen LogP contribution < -0.4 is 10.1 Å². The first-order valence-corrected chi connectivity index (χ1v) is 13.4. The van der Waals surface area contributed by atoms with Crippen LogP contribution in [0.4, 0.5) is 0 Å². The summed E-state index contributed by atoms with van der Waals surface area (Å²) < 4.78 is 8.40. The predicted octanol–water partition coefficient (Wildman–Crippen LogP) is 5.29. The van der Waals surface area contributed by atoms with Crippen molar-refractivity contribution in [2.45, 2.75) is 50.6 Å². The van der Waals surface area contributed by atoms with Gasteiger partial charge in [0.2, 0.25) is 0 Å². The molecular formula is C27H30N2O4S. The highest BCUT2D eigenvalue weighted by atomic mass is 32.2. The Hall–Kier alpha value is -2.93. The summed E-state index contributed by atoms with van der Waals surface area (Å²) >= 11 is 1.40. The molecule has 7 heteroatoms. The third kappa shape index (κ3) is 4.17. The van der Waals surface area contributed by atoms with E-state index < -0.39 is 12.0 Å². The van der Waals surface area contributed by atoms with Crippen LogP contribution in [0.25, 0.3) is 22.2 Å². The van der Waals surface area contributed by atoms with Gasteiger partial charge in [0.15, 0.2) is 0 Å². The van der Waals surface area contributed by atoms with Gasteiger partial charge in [-0.15, -0.1) is 0 Å². The van der Waals surface area contributed by atoms with Gasteiger partial charge in [0, 0.05) is 27.8 Å². The number of amides is 1. The Bertz CT molecular complexity index is 1230. The number of carbonyl (C=O) groups is 2. The third-order valence-electron chi connectivity index (χ3n) is 7.03. The Kier molecular flexibility index (Phi) is 6.55. The monoisotopic (exact) mass is 478 g/mol. The fourth-order valence-corrected chi connectivity index (χ4v) is 6.02. The number of carboxylic acids is 1. The molecule has 1 aliphatic heterocycles. The molecule has 0 spiro atoms. The van der Waals surface area contributed by atoms with Crippen molar-refractivity contribution >= 4 is 34.5 Å². The number of thioether (sulfide) groups is 1. The number of benzene rings is 2. The minimum absolute atomic E-state index is 0.323. The fourth-order valence-electron chi connectivity index (χ4n) is 5.46. The molecule has 1 amide bonds. The van der Waals surface area contributed by atoms with E-state index in [-0.39, 0.29) is 5.91 Å². The molecule has 1 fully saturated rings. The van der Waals surface area contributed by atoms with Crippen molar-refractivity contribution in [2.75, 3.05) is 18.6 Å². The Morgan fingerprint density at radius 2 is 1.97 bits per heavy atom. The van der Waals surface area contributed by atoms with Crippen LogP contribution in [-0.4, -0.2) is 46.2 Å². The molecule has 0 saturated heterocycles. The number of carboxylic acid groups (broad SMARTS) is 1. The molecule has 2 N–H and O–H groups in total. The van der Waals surface area contributed by atoms with Gasteiger partial charge in [-0.2, -0.15) is 11.8 Å². The number of fused-ring (bicyclic) bond motifs is 5. The van der Waals surface area contributed by atoms with E-state index in [1.54, 1.807) is 0 Å². The number of hydrogen-bond donors (Lipinski definition) is 2. The molecule has 1 saturated carbocycles. The van der Waals surface area contributed by atoms with Crippen molar-refractivity contribution in [1.29, 1.82) is 0 Å². The average Bonchev–Trinajstić information content (AvgIpc) is 3.05. The number of rotatable bonds is 6. The van der Waals surface area contributed by atoms with Crippen molar-refractivity contribution in [3.8, 4) is 17.0 Å². The number of ether oxygens (including phenoxy) is 1. The maximum atomic E-state index is 13.0. The molecule has 0 bridgehead atoms. The van der Waals surface area contributed by atoms with Crippen LogP contribution in [-0.2, 0) is 11.3 Å². The molecule has 1 atom stereocenters. The maximum Gasteiger partial charge on any atom is 0.327 e. The highest BCUT2D eigenvalue weighted by molar-refractivity contribution is 7.98. The largest absolute Gasteiger partial charge is 0.491 e. The highest BCUT2D eigenvalue weighted by Crippen LogP contribution is 2.47. The average molecular weight is 479 g/mol. The quantitative estimate of drug-likeness (QED) is 0.503. The van der Waals surface area contributed by atoms with E-state index in [1.165, 1.54) is 60.5 Å². The normalized spacial score (nSPS) is 16.7. The molecule has 1 aromatic heterocycles. The molecule has 6 nitrogen and oxygen atoms in total. The molecule has 34 heavy (non-hydrogen) atoms. The fraction of sp³-hybridized carbons (Fsp3) is 0.407. The van der Waals surface area contributed by atoms with Crippen LogP contribution >= 0.6 is 11.8 Å². The summed E-state index contributed by atoms with van der Waals surface area (Å²) in [5.41, 5.74) is 5.17. The topological polar surface area (TPSA) is 80.6 Å². The lowest BCUT2D eigenvalue weighted by molar-refractivity contribution is -0.138. The van der Waals surface area contributed by atoms with Gasteiger partial charge >= 0.3 is 5.97 Å². The van der Waals surface area contributed by atoms with Gasteiger partial charge in [-0.3, -0.25) is 4.79 Å². The standard InChI is InChI=1S/C27H30N2O4S/c1-34-16-21(27(31)32)28-26(30)18-11-12-19-22(15-18)29-13-14-33-23-10-6-5-9-20(23)25(29)24(19)17-7-3-2-4-8-17/h5-6,9-12,15,17,21H,2-4,7-8,13-14,16H2,1H3,(H,28,30)(H,31,32). The minimum atomic E-state index is -1.02. The van der Waals surface area contributed by atoms with Gasteiger partial charge in [-0.05, 0) is 54.8 Å². The molecule has 3 aromatic rings. The molecule has 2 aliphatic rings. The van der Waals surface area contributed by atoms with Gasteiger partial charge in [-0.1, -0.05) is 37.5 Å². The second-order valence-corrected chi connectivity index (χ2v) is 10.1. The van der Waals surface area contributed by atoms with E-state index >= 15 is 0 Å². The number of nitrogens with one attached hydrogen (secondary N) is 1. The smallest absolute Gasteiger partial charge is 0.327 e. The van der Waals surface area contributed by atoms with Crippen LogP contribution in [0.2, 0.25) is 0 Å². The summed E-state index contributed by atoms with van der Waals surface area (Å²) in [5.74, 6) is 0.331. The Labute approximate surface area is 203 Å². The first kappa shape index (κ1) is 22.8. The number of aromatic nitrogens is 1. The zero-order valence-electron chi connectivity index (χ0n) is 19.4. The zero-order valence-corrected chi connectivity index (χ0v) is 20.2. The Morgan fingerprint density at radius 3 is 2.74 bits per heavy atom. The van der Waals surface area contributed by atoms with Gasteiger partial charge in [0.05, 0.1) is 12.2 Å². The second-order valence-electron chi connectivity index (χ2n) is 9.15. The van der Waals surface area contributed by atoms with Crippen molar-refractivity contribution in [1.82, 2.24) is 9.88 Å². The van der Waals surface area contributed by atoms with E-state index in [0.717, 1.165) is 16.8 Å². The lowest BCUT2D eigenvalue weighted by atomic mass is 9.81. The van der Waals surface area contributed by atoms with Crippen molar-refractivity contribution in [3.05, 3.63) is 53.6 Å². The molecule has 178 valence electrons. The van der Waals surface area contributed by atoms with E-state index in [0.29, 0.717) is 30.4 Å². The van der Waals surface area contributed by atoms with Crippen LogP contribution in [0.1, 0.15) is 53.9 Å². The second kappa shape index (κ2) is 9.74. The van der Waals surface area contributed by atoms with Crippen molar-refractivity contribution < 1.29 is 19.4 Å². The molecule has 2 aromatic carbocycles. The van der Waals surface area contributed by atoms with E-state index in [4.69, 9.17) is 4.74 Å². The van der Waals surface area contributed by atoms with Gasteiger partial charge in [0.25, 0.3) is 5.91 Å². The third-order valence-corrected chi connectivity index (χ3v) is 7.70. The highest BCUT2D eigenvalue weighted by Gasteiger charge is 2.29. The van der Waals surface area contributed by atoms with Gasteiger partial charge in [0.1, 0.15) is 18.4 Å². The summed E-state index contributed by atoms with van der Waals surface area (Å²) in [5, 5.41) is 13.3.